The second-order valence-electron chi connectivity index (χ2n) is 5.37. The van der Waals surface area contributed by atoms with E-state index in [1.165, 1.54) is 6.42 Å². The smallest absolute Gasteiger partial charge is 0.195 e. The molecule has 6 heteroatoms. The van der Waals surface area contributed by atoms with Gasteiger partial charge in [0.05, 0.1) is 13.2 Å². The molecular weight excluding hydrogens is 381 g/mol. The van der Waals surface area contributed by atoms with Gasteiger partial charge >= 0.3 is 0 Å². The van der Waals surface area contributed by atoms with Crippen LogP contribution in [0.1, 0.15) is 19.8 Å². The standard InChI is InChI=1S/C15H21N3O2.HI/c1-10-8-12(10)18-15(16-2)17-11-4-5-13-14(9-11)20-7-3-6-19-13;/h4-5,9-10,12H,3,6-8H2,1-2H3,(H2,16,17,18);1H. The predicted octanol–water partition coefficient (Wildman–Crippen LogP) is 2.86. The molecule has 0 bridgehead atoms. The normalized spacial score (nSPS) is 23.6. The molecule has 0 aromatic heterocycles. The maximum Gasteiger partial charge on any atom is 0.195 e. The van der Waals surface area contributed by atoms with Crippen molar-refractivity contribution in [2.24, 2.45) is 10.9 Å². The number of fused-ring (bicyclic) bond motifs is 1. The van der Waals surface area contributed by atoms with Gasteiger partial charge in [-0.25, -0.2) is 0 Å². The van der Waals surface area contributed by atoms with E-state index < -0.39 is 0 Å². The van der Waals surface area contributed by atoms with Gasteiger partial charge in [-0.3, -0.25) is 4.99 Å². The van der Waals surface area contributed by atoms with Crippen molar-refractivity contribution in [1.29, 1.82) is 0 Å². The minimum Gasteiger partial charge on any atom is -0.490 e. The van der Waals surface area contributed by atoms with Gasteiger partial charge in [0, 0.05) is 31.3 Å². The molecule has 2 atom stereocenters. The van der Waals surface area contributed by atoms with Crippen LogP contribution in [0, 0.1) is 5.92 Å². The highest BCUT2D eigenvalue weighted by Gasteiger charge is 2.33. The Morgan fingerprint density at radius 2 is 1.95 bits per heavy atom. The number of nitrogens with zero attached hydrogens (tertiary/aromatic N) is 1. The average Bonchev–Trinajstić information content (AvgIpc) is 3.19. The molecule has 1 heterocycles. The minimum atomic E-state index is 0. The van der Waals surface area contributed by atoms with E-state index >= 15 is 0 Å². The van der Waals surface area contributed by atoms with E-state index in [0.29, 0.717) is 19.3 Å². The lowest BCUT2D eigenvalue weighted by molar-refractivity contribution is 0.297. The summed E-state index contributed by atoms with van der Waals surface area (Å²) in [6.07, 6.45) is 2.13. The molecule has 2 aliphatic rings. The van der Waals surface area contributed by atoms with Gasteiger partial charge in [-0.2, -0.15) is 0 Å². The summed E-state index contributed by atoms with van der Waals surface area (Å²) in [5.41, 5.74) is 0.954. The fourth-order valence-corrected chi connectivity index (χ4v) is 2.23. The van der Waals surface area contributed by atoms with E-state index in [9.17, 15) is 0 Å². The lowest BCUT2D eigenvalue weighted by Crippen LogP contribution is -2.33. The third-order valence-electron chi connectivity index (χ3n) is 3.67. The van der Waals surface area contributed by atoms with Crippen LogP contribution in [-0.2, 0) is 0 Å². The molecule has 1 saturated carbocycles. The number of benzene rings is 1. The first-order valence-electron chi connectivity index (χ1n) is 7.16. The number of guanidine groups is 1. The van der Waals surface area contributed by atoms with Gasteiger partial charge in [-0.1, -0.05) is 6.92 Å². The van der Waals surface area contributed by atoms with E-state index in [1.54, 1.807) is 7.05 Å². The van der Waals surface area contributed by atoms with Crippen molar-refractivity contribution in [3.8, 4) is 11.5 Å². The van der Waals surface area contributed by atoms with Crippen LogP contribution in [0.2, 0.25) is 0 Å². The second kappa shape index (κ2) is 7.20. The average molecular weight is 403 g/mol. The Kier molecular flexibility index (Phi) is 5.55. The van der Waals surface area contributed by atoms with Gasteiger partial charge in [0.25, 0.3) is 0 Å². The van der Waals surface area contributed by atoms with Crippen LogP contribution in [0.25, 0.3) is 0 Å². The Morgan fingerprint density at radius 3 is 2.62 bits per heavy atom. The zero-order valence-corrected chi connectivity index (χ0v) is 14.7. The Labute approximate surface area is 142 Å². The molecule has 21 heavy (non-hydrogen) atoms. The summed E-state index contributed by atoms with van der Waals surface area (Å²) < 4.78 is 11.3. The molecule has 5 nitrogen and oxygen atoms in total. The van der Waals surface area contributed by atoms with Crippen LogP contribution in [0.5, 0.6) is 11.5 Å². The fraction of sp³-hybridized carbons (Fsp3) is 0.533. The first kappa shape index (κ1) is 16.2. The first-order chi connectivity index (χ1) is 9.76. The number of ether oxygens (including phenoxy) is 2. The number of hydrogen-bond donors (Lipinski definition) is 2. The number of aliphatic imine (C=N–C) groups is 1. The molecule has 2 unspecified atom stereocenters. The van der Waals surface area contributed by atoms with Crippen molar-refractivity contribution in [2.75, 3.05) is 25.6 Å². The lowest BCUT2D eigenvalue weighted by Gasteiger charge is -2.13. The van der Waals surface area contributed by atoms with Gasteiger partial charge in [0.2, 0.25) is 0 Å². The topological polar surface area (TPSA) is 54.9 Å². The van der Waals surface area contributed by atoms with Crippen molar-refractivity contribution in [2.45, 2.75) is 25.8 Å². The third kappa shape index (κ3) is 4.15. The van der Waals surface area contributed by atoms with Gasteiger partial charge in [0.1, 0.15) is 0 Å². The molecule has 1 aromatic carbocycles. The first-order valence-corrected chi connectivity index (χ1v) is 7.16. The Hall–Kier alpha value is -1.18. The van der Waals surface area contributed by atoms with Crippen LogP contribution in [0.4, 0.5) is 5.69 Å². The van der Waals surface area contributed by atoms with E-state index in [1.807, 2.05) is 18.2 Å². The maximum atomic E-state index is 5.69. The van der Waals surface area contributed by atoms with Crippen LogP contribution < -0.4 is 20.1 Å². The van der Waals surface area contributed by atoms with E-state index in [0.717, 1.165) is 35.5 Å². The number of nitrogens with one attached hydrogen (secondary N) is 2. The van der Waals surface area contributed by atoms with E-state index in [2.05, 4.69) is 22.5 Å². The van der Waals surface area contributed by atoms with Crippen molar-refractivity contribution in [3.63, 3.8) is 0 Å². The van der Waals surface area contributed by atoms with Gasteiger partial charge in [-0.15, -0.1) is 24.0 Å². The predicted molar refractivity (Wildman–Crippen MR) is 95.2 cm³/mol. The Bertz CT molecular complexity index is 522. The summed E-state index contributed by atoms with van der Waals surface area (Å²) in [6.45, 7) is 3.64. The van der Waals surface area contributed by atoms with Crippen molar-refractivity contribution in [1.82, 2.24) is 5.32 Å². The molecular formula is C15H22IN3O2. The van der Waals surface area contributed by atoms with Crippen LogP contribution in [0.3, 0.4) is 0 Å². The highest BCUT2D eigenvalue weighted by molar-refractivity contribution is 14.0. The van der Waals surface area contributed by atoms with Crippen molar-refractivity contribution < 1.29 is 9.47 Å². The van der Waals surface area contributed by atoms with Gasteiger partial charge < -0.3 is 20.1 Å². The molecule has 116 valence electrons. The molecule has 0 spiro atoms. The maximum absolute atomic E-state index is 5.69. The highest BCUT2D eigenvalue weighted by atomic mass is 127. The van der Waals surface area contributed by atoms with Crippen molar-refractivity contribution in [3.05, 3.63) is 18.2 Å². The Morgan fingerprint density at radius 1 is 1.24 bits per heavy atom. The van der Waals surface area contributed by atoms with Crippen LogP contribution in [-0.4, -0.2) is 32.3 Å². The minimum absolute atomic E-state index is 0. The highest BCUT2D eigenvalue weighted by Crippen LogP contribution is 2.32. The van der Waals surface area contributed by atoms with Crippen LogP contribution in [0.15, 0.2) is 23.2 Å². The molecule has 2 N–H and O–H groups in total. The zero-order valence-electron chi connectivity index (χ0n) is 12.4. The fourth-order valence-electron chi connectivity index (χ4n) is 2.23. The Balaban J connectivity index is 0.00000161. The SMILES string of the molecule is CN=C(Nc1ccc2c(c1)OCCCO2)NC1CC1C.I. The molecule has 3 rings (SSSR count). The summed E-state index contributed by atoms with van der Waals surface area (Å²) in [5, 5.41) is 6.69. The summed E-state index contributed by atoms with van der Waals surface area (Å²) in [7, 11) is 1.78. The molecule has 0 saturated heterocycles. The summed E-state index contributed by atoms with van der Waals surface area (Å²) >= 11 is 0. The lowest BCUT2D eigenvalue weighted by atomic mass is 10.3. The molecule has 1 fully saturated rings. The summed E-state index contributed by atoms with van der Waals surface area (Å²) in [4.78, 5) is 4.25. The molecule has 0 amide bonds. The third-order valence-corrected chi connectivity index (χ3v) is 3.67. The monoisotopic (exact) mass is 403 g/mol. The van der Waals surface area contributed by atoms with Crippen LogP contribution >= 0.6 is 24.0 Å². The largest absolute Gasteiger partial charge is 0.490 e. The molecule has 1 aromatic rings. The summed E-state index contributed by atoms with van der Waals surface area (Å²) in [5.74, 6) is 3.14. The summed E-state index contributed by atoms with van der Waals surface area (Å²) in [6, 6.07) is 6.43. The van der Waals surface area contributed by atoms with Gasteiger partial charge in [-0.05, 0) is 24.5 Å². The zero-order chi connectivity index (χ0) is 13.9. The quantitative estimate of drug-likeness (QED) is 0.453. The number of rotatable bonds is 2. The van der Waals surface area contributed by atoms with Gasteiger partial charge in [0.15, 0.2) is 17.5 Å². The molecule has 1 aliphatic heterocycles. The van der Waals surface area contributed by atoms with E-state index in [4.69, 9.17) is 9.47 Å². The van der Waals surface area contributed by atoms with E-state index in [-0.39, 0.29) is 24.0 Å². The number of halogens is 1. The van der Waals surface area contributed by atoms with Crippen molar-refractivity contribution >= 4 is 35.6 Å². The molecule has 1 aliphatic carbocycles. The number of anilines is 1. The second-order valence-corrected chi connectivity index (χ2v) is 5.37. The molecule has 0 radical (unpaired) electrons. The number of hydrogen-bond acceptors (Lipinski definition) is 3.